The highest BCUT2D eigenvalue weighted by atomic mass is 32.2. The van der Waals surface area contributed by atoms with Gasteiger partial charge in [0, 0.05) is 0 Å². The lowest BCUT2D eigenvalue weighted by Crippen LogP contribution is -2.43. The predicted octanol–water partition coefficient (Wildman–Crippen LogP) is 1.80. The van der Waals surface area contributed by atoms with Crippen molar-refractivity contribution in [3.63, 3.8) is 0 Å². The van der Waals surface area contributed by atoms with Crippen LogP contribution in [0.3, 0.4) is 0 Å². The van der Waals surface area contributed by atoms with Crippen molar-refractivity contribution in [3.8, 4) is 0 Å². The minimum absolute atomic E-state index is 0.0187. The third-order valence-corrected chi connectivity index (χ3v) is 4.60. The Bertz CT molecular complexity index is 552. The molecule has 1 rings (SSSR count). The Hall–Kier alpha value is -1.40. The number of unbranched alkanes of at least 4 members (excludes halogenated alkanes) is 1. The second-order valence-electron chi connectivity index (χ2n) is 5.06. The number of rotatable bonds is 8. The molecule has 0 bridgehead atoms. The average Bonchev–Trinajstić information content (AvgIpc) is 2.45. The summed E-state index contributed by atoms with van der Waals surface area (Å²) in [5, 5.41) is 0. The van der Waals surface area contributed by atoms with E-state index in [4.69, 9.17) is 4.74 Å². The second-order valence-corrected chi connectivity index (χ2v) is 6.93. The molecule has 0 saturated heterocycles. The Labute approximate surface area is 126 Å². The summed E-state index contributed by atoms with van der Waals surface area (Å²) in [7, 11) is -2.22. The van der Waals surface area contributed by atoms with Crippen LogP contribution in [0.15, 0.2) is 24.3 Å². The third-order valence-electron chi connectivity index (χ3n) is 3.13. The molecule has 118 valence electrons. The molecule has 0 aromatic heterocycles. The molecule has 0 aliphatic carbocycles. The van der Waals surface area contributed by atoms with Gasteiger partial charge >= 0.3 is 5.97 Å². The van der Waals surface area contributed by atoms with Crippen LogP contribution in [-0.2, 0) is 26.0 Å². The van der Waals surface area contributed by atoms with Crippen LogP contribution in [0.5, 0.6) is 0 Å². The highest BCUT2D eigenvalue weighted by molar-refractivity contribution is 7.89. The lowest BCUT2D eigenvalue weighted by Gasteiger charge is -2.16. The highest BCUT2D eigenvalue weighted by Crippen LogP contribution is 2.08. The molecule has 0 radical (unpaired) electrons. The van der Waals surface area contributed by atoms with Crippen LogP contribution in [0.25, 0.3) is 0 Å². The molecule has 0 spiro atoms. The minimum Gasteiger partial charge on any atom is -0.468 e. The number of methoxy groups -OCH3 is 1. The first-order valence-corrected chi connectivity index (χ1v) is 8.66. The van der Waals surface area contributed by atoms with E-state index in [0.29, 0.717) is 6.42 Å². The number of nitrogens with one attached hydrogen (secondary N) is 1. The van der Waals surface area contributed by atoms with E-state index in [0.717, 1.165) is 17.5 Å². The molecular weight excluding hydrogens is 290 g/mol. The molecule has 21 heavy (non-hydrogen) atoms. The van der Waals surface area contributed by atoms with Gasteiger partial charge < -0.3 is 4.74 Å². The average molecular weight is 313 g/mol. The lowest BCUT2D eigenvalue weighted by molar-refractivity contribution is -0.142. The van der Waals surface area contributed by atoms with Gasteiger partial charge in [-0.3, -0.25) is 4.79 Å². The van der Waals surface area contributed by atoms with Gasteiger partial charge in [-0.25, -0.2) is 13.1 Å². The first kappa shape index (κ1) is 17.7. The van der Waals surface area contributed by atoms with Crippen molar-refractivity contribution in [1.29, 1.82) is 0 Å². The summed E-state index contributed by atoms with van der Waals surface area (Å²) in [6, 6.07) is 6.72. The van der Waals surface area contributed by atoms with Gasteiger partial charge in [0.1, 0.15) is 6.04 Å². The van der Waals surface area contributed by atoms with Crippen LogP contribution < -0.4 is 4.72 Å². The lowest BCUT2D eigenvalue weighted by atomic mass is 10.1. The number of aryl methyl sites for hydroxylation is 1. The second kappa shape index (κ2) is 8.14. The molecule has 0 fully saturated rings. The van der Waals surface area contributed by atoms with Crippen LogP contribution in [0.1, 0.15) is 30.9 Å². The Morgan fingerprint density at radius 2 is 1.90 bits per heavy atom. The molecule has 0 aliphatic heterocycles. The summed E-state index contributed by atoms with van der Waals surface area (Å²) in [6.07, 6.45) is 1.62. The Balaban J connectivity index is 2.81. The van der Waals surface area contributed by atoms with E-state index in [9.17, 15) is 13.2 Å². The topological polar surface area (TPSA) is 72.5 Å². The number of carbonyl (C=O) groups is 1. The summed E-state index contributed by atoms with van der Waals surface area (Å²) >= 11 is 0. The molecule has 1 N–H and O–H groups in total. The van der Waals surface area contributed by atoms with Gasteiger partial charge in [-0.2, -0.15) is 0 Å². The van der Waals surface area contributed by atoms with Crippen LogP contribution in [0, 0.1) is 6.92 Å². The molecule has 1 aromatic rings. The normalized spacial score (nSPS) is 12.9. The smallest absolute Gasteiger partial charge is 0.324 e. The molecule has 0 amide bonds. The number of carbonyl (C=O) groups excluding carboxylic acids is 1. The van der Waals surface area contributed by atoms with Gasteiger partial charge in [0.2, 0.25) is 10.0 Å². The van der Waals surface area contributed by atoms with Crippen molar-refractivity contribution in [1.82, 2.24) is 4.72 Å². The van der Waals surface area contributed by atoms with E-state index in [2.05, 4.69) is 4.72 Å². The van der Waals surface area contributed by atoms with E-state index in [-0.39, 0.29) is 12.2 Å². The van der Waals surface area contributed by atoms with Gasteiger partial charge in [0.05, 0.1) is 12.9 Å². The van der Waals surface area contributed by atoms with E-state index < -0.39 is 22.0 Å². The van der Waals surface area contributed by atoms with Crippen molar-refractivity contribution in [2.75, 3.05) is 12.9 Å². The fourth-order valence-electron chi connectivity index (χ4n) is 1.89. The molecule has 1 atom stereocenters. The van der Waals surface area contributed by atoms with Crippen molar-refractivity contribution < 1.29 is 17.9 Å². The molecule has 0 saturated carbocycles. The number of hydrogen-bond donors (Lipinski definition) is 1. The van der Waals surface area contributed by atoms with Crippen LogP contribution in [0.2, 0.25) is 0 Å². The fraction of sp³-hybridized carbons (Fsp3) is 0.533. The Kier molecular flexibility index (Phi) is 6.84. The standard InChI is InChI=1S/C15H23NO4S/c1-4-5-10-21(18,19)16-14(15(17)20-3)11-13-8-6-12(2)7-9-13/h6-9,14,16H,4-5,10-11H2,1-3H3. The maximum atomic E-state index is 11.9. The number of sulfonamides is 1. The van der Waals surface area contributed by atoms with Crippen LogP contribution >= 0.6 is 0 Å². The van der Waals surface area contributed by atoms with Gasteiger partial charge in [-0.05, 0) is 25.3 Å². The molecule has 1 unspecified atom stereocenters. The van der Waals surface area contributed by atoms with Crippen molar-refractivity contribution in [3.05, 3.63) is 35.4 Å². The zero-order valence-electron chi connectivity index (χ0n) is 12.8. The Morgan fingerprint density at radius 1 is 1.29 bits per heavy atom. The van der Waals surface area contributed by atoms with Crippen LogP contribution in [0.4, 0.5) is 0 Å². The zero-order chi connectivity index (χ0) is 15.9. The van der Waals surface area contributed by atoms with E-state index in [1.807, 2.05) is 38.1 Å². The summed E-state index contributed by atoms with van der Waals surface area (Å²) in [5.41, 5.74) is 1.99. The van der Waals surface area contributed by atoms with Gasteiger partial charge in [0.25, 0.3) is 0 Å². The third kappa shape index (κ3) is 6.27. The summed E-state index contributed by atoms with van der Waals surface area (Å²) in [4.78, 5) is 11.8. The van der Waals surface area contributed by atoms with Gasteiger partial charge in [-0.1, -0.05) is 43.2 Å². The molecule has 0 aliphatic rings. The quantitative estimate of drug-likeness (QED) is 0.743. The first-order valence-electron chi connectivity index (χ1n) is 7.01. The maximum absolute atomic E-state index is 11.9. The van der Waals surface area contributed by atoms with Gasteiger partial charge in [-0.15, -0.1) is 0 Å². The van der Waals surface area contributed by atoms with Crippen molar-refractivity contribution in [2.24, 2.45) is 0 Å². The zero-order valence-corrected chi connectivity index (χ0v) is 13.6. The SMILES string of the molecule is CCCCS(=O)(=O)NC(Cc1ccc(C)cc1)C(=O)OC. The minimum atomic E-state index is -3.48. The van der Waals surface area contributed by atoms with E-state index in [1.54, 1.807) is 0 Å². The summed E-state index contributed by atoms with van der Waals surface area (Å²) in [5.74, 6) is -0.555. The first-order chi connectivity index (χ1) is 9.88. The predicted molar refractivity (Wildman–Crippen MR) is 82.5 cm³/mol. The molecule has 6 heteroatoms. The molecule has 0 heterocycles. The van der Waals surface area contributed by atoms with E-state index in [1.165, 1.54) is 7.11 Å². The summed E-state index contributed by atoms with van der Waals surface area (Å²) in [6.45, 7) is 3.88. The monoisotopic (exact) mass is 313 g/mol. The largest absolute Gasteiger partial charge is 0.468 e. The molecule has 5 nitrogen and oxygen atoms in total. The molecule has 1 aromatic carbocycles. The van der Waals surface area contributed by atoms with Crippen molar-refractivity contribution >= 4 is 16.0 Å². The van der Waals surface area contributed by atoms with E-state index >= 15 is 0 Å². The number of ether oxygens (including phenoxy) is 1. The highest BCUT2D eigenvalue weighted by Gasteiger charge is 2.25. The number of hydrogen-bond acceptors (Lipinski definition) is 4. The number of benzene rings is 1. The molecular formula is C15H23NO4S. The maximum Gasteiger partial charge on any atom is 0.324 e. The van der Waals surface area contributed by atoms with Crippen LogP contribution in [-0.4, -0.2) is 33.3 Å². The number of esters is 1. The van der Waals surface area contributed by atoms with Crippen molar-refractivity contribution in [2.45, 2.75) is 39.2 Å². The summed E-state index contributed by atoms with van der Waals surface area (Å²) < 4.78 is 31.0. The van der Waals surface area contributed by atoms with Gasteiger partial charge in [0.15, 0.2) is 0 Å². The Morgan fingerprint density at radius 3 is 2.43 bits per heavy atom. The fourth-order valence-corrected chi connectivity index (χ4v) is 3.28.